The molecular weight excluding hydrogens is 355 g/mol. The summed E-state index contributed by atoms with van der Waals surface area (Å²) in [5.41, 5.74) is -0.867. The van der Waals surface area contributed by atoms with Crippen LogP contribution >= 0.6 is 0 Å². The summed E-state index contributed by atoms with van der Waals surface area (Å²) in [6.07, 6.45) is -4.71. The van der Waals surface area contributed by atoms with E-state index in [0.717, 1.165) is 0 Å². The molecule has 0 aliphatic heterocycles. The van der Waals surface area contributed by atoms with E-state index in [9.17, 15) is 23.3 Å². The number of hydrogen-bond donors (Lipinski definition) is 3. The van der Waals surface area contributed by atoms with Crippen molar-refractivity contribution < 1.29 is 23.2 Å². The van der Waals surface area contributed by atoms with Crippen LogP contribution in [0.15, 0.2) is 24.3 Å². The number of nitrogens with one attached hydrogen (secondary N) is 2. The van der Waals surface area contributed by atoms with Crippen LogP contribution in [-0.2, 0) is 6.18 Å². The molecule has 0 bridgehead atoms. The van der Waals surface area contributed by atoms with E-state index in [-0.39, 0.29) is 35.3 Å². The Morgan fingerprint density at radius 1 is 1.35 bits per heavy atom. The van der Waals surface area contributed by atoms with Gasteiger partial charge in [0, 0.05) is 23.9 Å². The fraction of sp³-hybridized carbons (Fsp3) is 0.333. The third-order valence-electron chi connectivity index (χ3n) is 3.43. The smallest absolute Gasteiger partial charge is 0.394 e. The number of alkyl halides is 3. The van der Waals surface area contributed by atoms with E-state index in [1.54, 1.807) is 6.92 Å². The Hall–Kier alpha value is -2.95. The molecule has 0 saturated heterocycles. The molecule has 1 atom stereocenters. The van der Waals surface area contributed by atoms with Crippen LogP contribution in [0.25, 0.3) is 0 Å². The van der Waals surface area contributed by atoms with Crippen molar-refractivity contribution in [2.45, 2.75) is 26.1 Å². The molecule has 0 aliphatic carbocycles. The van der Waals surface area contributed by atoms with E-state index in [4.69, 9.17) is 5.11 Å². The van der Waals surface area contributed by atoms with Crippen molar-refractivity contribution in [3.63, 3.8) is 0 Å². The SMILES string of the molecule is Cc1c(Nc2cc(C(F)(F)F)nc(N[C@H](C)CO)n2)cccc1[N+](=O)[O-]. The van der Waals surface area contributed by atoms with Crippen molar-refractivity contribution in [1.82, 2.24) is 9.97 Å². The van der Waals surface area contributed by atoms with Gasteiger partial charge in [-0.2, -0.15) is 18.2 Å². The minimum Gasteiger partial charge on any atom is -0.394 e. The van der Waals surface area contributed by atoms with Crippen LogP contribution in [-0.4, -0.2) is 32.6 Å². The molecule has 0 unspecified atom stereocenters. The molecule has 11 heteroatoms. The first-order valence-electron chi connectivity index (χ1n) is 7.46. The number of hydrogen-bond acceptors (Lipinski definition) is 7. The van der Waals surface area contributed by atoms with Gasteiger partial charge in [0.2, 0.25) is 5.95 Å². The second-order valence-electron chi connectivity index (χ2n) is 5.52. The fourth-order valence-corrected chi connectivity index (χ4v) is 2.08. The number of aliphatic hydroxyl groups is 1. The van der Waals surface area contributed by atoms with Gasteiger partial charge in [-0.15, -0.1) is 0 Å². The standard InChI is InChI=1S/C15H16F3N5O3/c1-8(7-24)19-14-21-12(15(16,17)18)6-13(22-14)20-10-4-3-5-11(9(10)2)23(25)26/h3-6,8,24H,7H2,1-2H3,(H2,19,20,21,22)/t8-/m1/s1. The van der Waals surface area contributed by atoms with Crippen LogP contribution in [0, 0.1) is 17.0 Å². The Balaban J connectivity index is 2.44. The van der Waals surface area contributed by atoms with Crippen molar-refractivity contribution in [1.29, 1.82) is 0 Å². The number of nitro groups is 1. The molecule has 0 amide bonds. The predicted octanol–water partition coefficient (Wildman–Crippen LogP) is 3.25. The highest BCUT2D eigenvalue weighted by Gasteiger charge is 2.34. The lowest BCUT2D eigenvalue weighted by Gasteiger charge is -2.15. The van der Waals surface area contributed by atoms with Crippen molar-refractivity contribution in [3.05, 3.63) is 45.6 Å². The van der Waals surface area contributed by atoms with E-state index in [1.807, 2.05) is 0 Å². The molecule has 140 valence electrons. The van der Waals surface area contributed by atoms with Gasteiger partial charge in [-0.3, -0.25) is 10.1 Å². The molecule has 1 heterocycles. The van der Waals surface area contributed by atoms with Crippen LogP contribution in [0.5, 0.6) is 0 Å². The Morgan fingerprint density at radius 3 is 2.62 bits per heavy atom. The number of halogens is 3. The van der Waals surface area contributed by atoms with Gasteiger partial charge in [-0.1, -0.05) is 6.07 Å². The lowest BCUT2D eigenvalue weighted by Crippen LogP contribution is -2.22. The van der Waals surface area contributed by atoms with Gasteiger partial charge in [0.15, 0.2) is 5.69 Å². The van der Waals surface area contributed by atoms with Gasteiger partial charge in [0.25, 0.3) is 5.69 Å². The molecule has 1 aromatic heterocycles. The molecule has 2 aromatic rings. The maximum Gasteiger partial charge on any atom is 0.433 e. The zero-order valence-electron chi connectivity index (χ0n) is 13.8. The number of nitro benzene ring substituents is 1. The van der Waals surface area contributed by atoms with E-state index in [2.05, 4.69) is 20.6 Å². The van der Waals surface area contributed by atoms with Gasteiger partial charge in [0.05, 0.1) is 17.1 Å². The quantitative estimate of drug-likeness (QED) is 0.528. The highest BCUT2D eigenvalue weighted by molar-refractivity contribution is 5.66. The zero-order valence-corrected chi connectivity index (χ0v) is 13.8. The van der Waals surface area contributed by atoms with Gasteiger partial charge >= 0.3 is 6.18 Å². The molecule has 1 aromatic carbocycles. The maximum absolute atomic E-state index is 13.1. The summed E-state index contributed by atoms with van der Waals surface area (Å²) < 4.78 is 39.2. The molecular formula is C15H16F3N5O3. The maximum atomic E-state index is 13.1. The summed E-state index contributed by atoms with van der Waals surface area (Å²) in [4.78, 5) is 17.7. The third kappa shape index (κ3) is 4.57. The molecule has 0 spiro atoms. The molecule has 0 saturated carbocycles. The first-order valence-corrected chi connectivity index (χ1v) is 7.46. The molecule has 26 heavy (non-hydrogen) atoms. The van der Waals surface area contributed by atoms with Crippen molar-refractivity contribution >= 4 is 23.1 Å². The Morgan fingerprint density at radius 2 is 2.04 bits per heavy atom. The predicted molar refractivity (Wildman–Crippen MR) is 88.3 cm³/mol. The van der Waals surface area contributed by atoms with Crippen molar-refractivity contribution in [2.24, 2.45) is 0 Å². The highest BCUT2D eigenvalue weighted by Crippen LogP contribution is 2.32. The number of benzene rings is 1. The van der Waals surface area contributed by atoms with Crippen molar-refractivity contribution in [3.8, 4) is 0 Å². The fourth-order valence-electron chi connectivity index (χ4n) is 2.08. The normalized spacial score (nSPS) is 12.5. The summed E-state index contributed by atoms with van der Waals surface area (Å²) in [6.45, 7) is 2.69. The van der Waals surface area contributed by atoms with Crippen LogP contribution in [0.3, 0.4) is 0 Å². The first-order chi connectivity index (χ1) is 12.1. The minimum atomic E-state index is -4.71. The first kappa shape index (κ1) is 19.4. The highest BCUT2D eigenvalue weighted by atomic mass is 19.4. The molecule has 0 aliphatic rings. The third-order valence-corrected chi connectivity index (χ3v) is 3.43. The largest absolute Gasteiger partial charge is 0.433 e. The number of aliphatic hydroxyl groups excluding tert-OH is 1. The lowest BCUT2D eigenvalue weighted by atomic mass is 10.1. The Labute approximate surface area is 146 Å². The summed E-state index contributed by atoms with van der Waals surface area (Å²) in [6, 6.07) is 4.32. The summed E-state index contributed by atoms with van der Waals surface area (Å²) in [5.74, 6) is -0.518. The molecule has 3 N–H and O–H groups in total. The number of nitrogens with zero attached hydrogens (tertiary/aromatic N) is 3. The number of anilines is 3. The van der Waals surface area contributed by atoms with E-state index < -0.39 is 22.8 Å². The Kier molecular flexibility index (Phi) is 5.60. The average Bonchev–Trinajstić information content (AvgIpc) is 2.55. The molecule has 8 nitrogen and oxygen atoms in total. The van der Waals surface area contributed by atoms with Gasteiger partial charge in [0.1, 0.15) is 5.82 Å². The van der Waals surface area contributed by atoms with E-state index >= 15 is 0 Å². The summed E-state index contributed by atoms with van der Waals surface area (Å²) >= 11 is 0. The van der Waals surface area contributed by atoms with Crippen molar-refractivity contribution in [2.75, 3.05) is 17.2 Å². The number of rotatable bonds is 6. The monoisotopic (exact) mass is 371 g/mol. The van der Waals surface area contributed by atoms with Crippen LogP contribution in [0.4, 0.5) is 36.3 Å². The van der Waals surface area contributed by atoms with E-state index in [0.29, 0.717) is 6.07 Å². The van der Waals surface area contributed by atoms with Crippen LogP contribution in [0.1, 0.15) is 18.2 Å². The second kappa shape index (κ2) is 7.52. The number of aromatic nitrogens is 2. The van der Waals surface area contributed by atoms with Crippen LogP contribution < -0.4 is 10.6 Å². The van der Waals surface area contributed by atoms with Gasteiger partial charge in [-0.05, 0) is 19.9 Å². The molecule has 2 rings (SSSR count). The van der Waals surface area contributed by atoms with Gasteiger partial charge in [-0.25, -0.2) is 4.98 Å². The minimum absolute atomic E-state index is 0.174. The van der Waals surface area contributed by atoms with E-state index in [1.165, 1.54) is 25.1 Å². The topological polar surface area (TPSA) is 113 Å². The van der Waals surface area contributed by atoms with Gasteiger partial charge < -0.3 is 15.7 Å². The summed E-state index contributed by atoms with van der Waals surface area (Å²) in [7, 11) is 0. The zero-order chi connectivity index (χ0) is 19.5. The average molecular weight is 371 g/mol. The lowest BCUT2D eigenvalue weighted by molar-refractivity contribution is -0.385. The summed E-state index contributed by atoms with van der Waals surface area (Å²) in [5, 5.41) is 25.2. The Bertz CT molecular complexity index is 814. The second-order valence-corrected chi connectivity index (χ2v) is 5.52. The molecule has 0 fully saturated rings. The molecule has 0 radical (unpaired) electrons. The van der Waals surface area contributed by atoms with Crippen LogP contribution in [0.2, 0.25) is 0 Å².